The second-order valence-corrected chi connectivity index (χ2v) is 17.3. The number of pyridine rings is 4. The maximum absolute atomic E-state index is 13.4. The van der Waals surface area contributed by atoms with Crippen molar-refractivity contribution in [2.75, 3.05) is 49.4 Å². The van der Waals surface area contributed by atoms with Gasteiger partial charge in [-0.15, -0.1) is 0 Å². The molecule has 3 saturated heterocycles. The second-order valence-electron chi connectivity index (χ2n) is 16.5. The fraction of sp³-hybridized carbons (Fsp3) is 0.429. The molecule has 0 spiro atoms. The Bertz CT molecular complexity index is 2690. The zero-order chi connectivity index (χ0) is 44.5. The molecule has 3 aliphatic heterocycles. The number of hydrogen-bond acceptors (Lipinski definition) is 16. The lowest BCUT2D eigenvalue weighted by atomic mass is 9.80. The number of ether oxygens (including phenoxy) is 2. The van der Waals surface area contributed by atoms with Crippen LogP contribution in [0.25, 0.3) is 33.2 Å². The Balaban J connectivity index is 0.000000144. The number of nitrogens with two attached hydrogens (primary N) is 4. The topological polar surface area (TPSA) is 262 Å². The van der Waals surface area contributed by atoms with E-state index in [1.54, 1.807) is 45.8 Å². The van der Waals surface area contributed by atoms with Crippen LogP contribution >= 0.6 is 15.9 Å². The molecule has 0 aliphatic carbocycles. The van der Waals surface area contributed by atoms with Gasteiger partial charge in [0.05, 0.1) is 27.1 Å². The number of halogens is 1. The van der Waals surface area contributed by atoms with Crippen molar-refractivity contribution in [3.8, 4) is 11.1 Å². The Morgan fingerprint density at radius 1 is 0.661 bits per heavy atom. The highest BCUT2D eigenvalue weighted by atomic mass is 79.9. The molecule has 18 nitrogen and oxygen atoms in total. The van der Waals surface area contributed by atoms with Crippen LogP contribution in [0.2, 0.25) is 0 Å². The van der Waals surface area contributed by atoms with Gasteiger partial charge in [-0.2, -0.15) is 9.97 Å². The Morgan fingerprint density at radius 3 is 1.60 bits per heavy atom. The first-order chi connectivity index (χ1) is 29.4. The third kappa shape index (κ3) is 9.29. The number of rotatable bonds is 4. The van der Waals surface area contributed by atoms with Crippen molar-refractivity contribution in [1.29, 1.82) is 0 Å². The summed E-state index contributed by atoms with van der Waals surface area (Å²) in [4.78, 5) is 51.1. The molecular weight excluding hydrogens is 859 g/mol. The lowest BCUT2D eigenvalue weighted by Crippen LogP contribution is -2.41. The molecule has 0 bridgehead atoms. The first-order valence-corrected chi connectivity index (χ1v) is 21.2. The third-order valence-electron chi connectivity index (χ3n) is 11.7. The van der Waals surface area contributed by atoms with Gasteiger partial charge in [-0.1, -0.05) is 6.07 Å². The summed E-state index contributed by atoms with van der Waals surface area (Å²) in [5.74, 6) is 1.27. The smallest absolute Gasteiger partial charge is 0.399 e. The van der Waals surface area contributed by atoms with Gasteiger partial charge in [-0.05, 0) is 113 Å². The van der Waals surface area contributed by atoms with Crippen molar-refractivity contribution in [1.82, 2.24) is 39.0 Å². The summed E-state index contributed by atoms with van der Waals surface area (Å²) in [7, 11) is -0.363. The van der Waals surface area contributed by atoms with E-state index in [1.165, 1.54) is 0 Å². The number of nitrogens with zero attached hydrogens (tertiary/aromatic N) is 8. The molecule has 0 unspecified atom stereocenters. The minimum atomic E-state index is -0.363. The summed E-state index contributed by atoms with van der Waals surface area (Å²) in [5, 5.41) is 1.65. The van der Waals surface area contributed by atoms with Crippen molar-refractivity contribution >= 4 is 74.1 Å². The van der Waals surface area contributed by atoms with Crippen LogP contribution < -0.4 is 39.5 Å². The van der Waals surface area contributed by atoms with Gasteiger partial charge >= 0.3 is 7.12 Å². The summed E-state index contributed by atoms with van der Waals surface area (Å²) in [6.45, 7) is 14.4. The van der Waals surface area contributed by atoms with E-state index in [2.05, 4.69) is 45.8 Å². The molecule has 0 radical (unpaired) electrons. The quantitative estimate of drug-likeness (QED) is 0.178. The van der Waals surface area contributed by atoms with Crippen molar-refractivity contribution in [2.45, 2.75) is 90.5 Å². The van der Waals surface area contributed by atoms with E-state index in [0.29, 0.717) is 65.0 Å². The summed E-state index contributed by atoms with van der Waals surface area (Å²) < 4.78 is 26.6. The summed E-state index contributed by atoms with van der Waals surface area (Å²) in [6, 6.07) is 10.8. The van der Waals surface area contributed by atoms with Crippen LogP contribution in [0.4, 0.5) is 23.5 Å². The van der Waals surface area contributed by atoms with E-state index in [-0.39, 0.29) is 53.4 Å². The zero-order valence-corrected chi connectivity index (χ0v) is 37.3. The van der Waals surface area contributed by atoms with Crippen LogP contribution in [0.15, 0.2) is 62.9 Å². The van der Waals surface area contributed by atoms with Crippen LogP contribution in [0.1, 0.15) is 76.8 Å². The van der Waals surface area contributed by atoms with E-state index < -0.39 is 0 Å². The number of hydrogen-bond donors (Lipinski definition) is 4. The van der Waals surface area contributed by atoms with Crippen molar-refractivity contribution < 1.29 is 18.8 Å². The molecule has 9 rings (SSSR count). The van der Waals surface area contributed by atoms with Crippen LogP contribution in [-0.2, 0) is 18.8 Å². The van der Waals surface area contributed by atoms with Gasteiger partial charge in [0.2, 0.25) is 11.9 Å². The maximum atomic E-state index is 13.4. The highest BCUT2D eigenvalue weighted by molar-refractivity contribution is 9.10. The molecule has 3 fully saturated rings. The third-order valence-corrected chi connectivity index (χ3v) is 12.3. The van der Waals surface area contributed by atoms with Crippen LogP contribution in [-0.4, -0.2) is 83.8 Å². The van der Waals surface area contributed by atoms with Gasteiger partial charge in [-0.3, -0.25) is 18.7 Å². The fourth-order valence-corrected chi connectivity index (χ4v) is 8.00. The van der Waals surface area contributed by atoms with Crippen LogP contribution in [0.5, 0.6) is 0 Å². The normalized spacial score (nSPS) is 17.6. The Labute approximate surface area is 367 Å². The minimum Gasteiger partial charge on any atom is -0.399 e. The molecule has 9 heterocycles. The van der Waals surface area contributed by atoms with Crippen molar-refractivity contribution in [3.63, 3.8) is 0 Å². The largest absolute Gasteiger partial charge is 0.496 e. The average molecular weight is 912 g/mol. The van der Waals surface area contributed by atoms with Gasteiger partial charge in [0.1, 0.15) is 22.9 Å². The molecule has 8 N–H and O–H groups in total. The van der Waals surface area contributed by atoms with E-state index in [1.807, 2.05) is 53.7 Å². The Morgan fingerprint density at radius 2 is 1.13 bits per heavy atom. The number of nitrogen functional groups attached to an aromatic ring is 4. The summed E-state index contributed by atoms with van der Waals surface area (Å²) in [5.41, 5.74) is 26.8. The molecule has 0 saturated carbocycles. The van der Waals surface area contributed by atoms with Gasteiger partial charge in [0, 0.05) is 78.3 Å². The number of aromatic nitrogens is 8. The minimum absolute atomic E-state index is 0.00846. The average Bonchev–Trinajstić information content (AvgIpc) is 3.46. The molecule has 0 atom stereocenters. The lowest BCUT2D eigenvalue weighted by Gasteiger charge is -2.32. The van der Waals surface area contributed by atoms with Crippen LogP contribution in [0.3, 0.4) is 0 Å². The molecule has 62 heavy (non-hydrogen) atoms. The monoisotopic (exact) mass is 910 g/mol. The van der Waals surface area contributed by atoms with Crippen molar-refractivity contribution in [2.24, 2.45) is 0 Å². The van der Waals surface area contributed by atoms with Crippen molar-refractivity contribution in [3.05, 3.63) is 85.4 Å². The molecule has 20 heteroatoms. The van der Waals surface area contributed by atoms with Gasteiger partial charge in [-0.25, -0.2) is 19.9 Å². The molecule has 3 aliphatic rings. The first kappa shape index (κ1) is 44.5. The molecule has 0 aromatic carbocycles. The SMILES string of the molecule is CC1(C)OB(c2ccc(N)nc2)OC1(C)C.Cc1nc(N)nc2c1cc(-c1ccc(N)nc1)c(=O)n2C1CCOCC1.Cc1nc(N)nc2c1cc(Br)c(=O)n2C1CCOCC1. The zero-order valence-electron chi connectivity index (χ0n) is 35.7. The predicted molar refractivity (Wildman–Crippen MR) is 244 cm³/mol. The number of fused-ring (bicyclic) bond motifs is 2. The number of aryl methyl sites for hydroxylation is 2. The molecular formula is C42H52BBrN12O6. The lowest BCUT2D eigenvalue weighted by molar-refractivity contribution is 0.00578. The van der Waals surface area contributed by atoms with E-state index >= 15 is 0 Å². The second kappa shape index (κ2) is 18.1. The standard InChI is InChI=1S/C18H20N6O2.C13H15BrN4O2.C11H17BN2O2/c1-10-13-8-14(11-2-3-15(19)21-9-11)17(25)24(12-4-6-26-7-5-12)16(13)23-18(20)22-10;1-7-9-6-10(14)12(19)18(8-2-4-20-5-3-8)11(9)17-13(15)16-7;1-10(2)11(3,4)16-12(15-10)8-5-6-9(13)14-7-8/h2-3,8-9,12H,4-7H2,1H3,(H2,19,21)(H2,20,22,23);6,8H,2-5H2,1H3,(H2,15,16,17);5-7H,1-4H3,(H2,13,14). The van der Waals surface area contributed by atoms with Gasteiger partial charge < -0.3 is 41.7 Å². The highest BCUT2D eigenvalue weighted by Gasteiger charge is 2.51. The molecule has 6 aromatic rings. The van der Waals surface area contributed by atoms with E-state index in [0.717, 1.165) is 53.3 Å². The summed E-state index contributed by atoms with van der Waals surface area (Å²) >= 11 is 3.34. The highest BCUT2D eigenvalue weighted by Crippen LogP contribution is 2.36. The molecule has 0 amide bonds. The maximum Gasteiger partial charge on any atom is 0.496 e. The predicted octanol–water partition coefficient (Wildman–Crippen LogP) is 4.44. The van der Waals surface area contributed by atoms with Gasteiger partial charge in [0.15, 0.2) is 0 Å². The fourth-order valence-electron chi connectivity index (χ4n) is 7.58. The first-order valence-electron chi connectivity index (χ1n) is 20.4. The Kier molecular flexibility index (Phi) is 13.0. The van der Waals surface area contributed by atoms with E-state index in [9.17, 15) is 9.59 Å². The van der Waals surface area contributed by atoms with Gasteiger partial charge in [0.25, 0.3) is 11.1 Å². The number of anilines is 4. The molecule has 6 aromatic heterocycles. The van der Waals surface area contributed by atoms with E-state index in [4.69, 9.17) is 41.7 Å². The molecule has 326 valence electrons. The van der Waals surface area contributed by atoms with Crippen LogP contribution in [0, 0.1) is 13.8 Å². The Hall–Kier alpha value is -5.54. The summed E-state index contributed by atoms with van der Waals surface area (Å²) in [6.07, 6.45) is 6.41.